The van der Waals surface area contributed by atoms with E-state index >= 15 is 0 Å². The van der Waals surface area contributed by atoms with Crippen LogP contribution in [0.1, 0.15) is 39.0 Å². The molecule has 2 heteroatoms. The molecular formula is C11H17IO. The lowest BCUT2D eigenvalue weighted by atomic mass is 10.2. The van der Waals surface area contributed by atoms with Crippen LogP contribution in [-0.4, -0.2) is 11.7 Å². The van der Waals surface area contributed by atoms with Crippen molar-refractivity contribution in [2.75, 3.05) is 6.61 Å². The van der Waals surface area contributed by atoms with Gasteiger partial charge >= 0.3 is 0 Å². The lowest BCUT2D eigenvalue weighted by molar-refractivity contribution is 0.342. The van der Waals surface area contributed by atoms with Crippen LogP contribution in [0.15, 0.2) is 9.66 Å². The quantitative estimate of drug-likeness (QED) is 0.468. The molecule has 0 aliphatic rings. The minimum absolute atomic E-state index is 0.0861. The minimum atomic E-state index is 0.0861. The summed E-state index contributed by atoms with van der Waals surface area (Å²) in [7, 11) is 0. The van der Waals surface area contributed by atoms with Gasteiger partial charge < -0.3 is 5.11 Å². The van der Waals surface area contributed by atoms with Gasteiger partial charge in [-0.05, 0) is 35.1 Å². The van der Waals surface area contributed by atoms with E-state index in [4.69, 9.17) is 5.11 Å². The monoisotopic (exact) mass is 292 g/mol. The average Bonchev–Trinajstić information content (AvgIpc) is 2.11. The fourth-order valence-corrected chi connectivity index (χ4v) is 1.31. The molecule has 0 heterocycles. The maximum absolute atomic E-state index is 8.56. The number of rotatable bonds is 5. The van der Waals surface area contributed by atoms with E-state index < -0.39 is 0 Å². The van der Waals surface area contributed by atoms with Crippen LogP contribution in [0, 0.1) is 11.8 Å². The van der Waals surface area contributed by atoms with Gasteiger partial charge in [0, 0.05) is 6.42 Å². The highest BCUT2D eigenvalue weighted by Crippen LogP contribution is 2.04. The third-order valence-electron chi connectivity index (χ3n) is 1.63. The van der Waals surface area contributed by atoms with E-state index in [9.17, 15) is 0 Å². The molecule has 0 spiro atoms. The molecule has 0 unspecified atom stereocenters. The molecule has 0 atom stereocenters. The highest BCUT2D eigenvalue weighted by molar-refractivity contribution is 14.1. The second-order valence-corrected chi connectivity index (χ2v) is 4.01. The van der Waals surface area contributed by atoms with Crippen molar-refractivity contribution in [2.45, 2.75) is 39.0 Å². The van der Waals surface area contributed by atoms with E-state index in [2.05, 4.69) is 41.4 Å². The first-order valence-corrected chi connectivity index (χ1v) is 5.84. The van der Waals surface area contributed by atoms with Crippen molar-refractivity contribution in [3.63, 3.8) is 0 Å². The molecule has 74 valence electrons. The normalized spacial score (nSPS) is 10.8. The number of hydrogen-bond acceptors (Lipinski definition) is 1. The first-order valence-electron chi connectivity index (χ1n) is 4.76. The molecule has 0 aromatic rings. The van der Waals surface area contributed by atoms with Crippen LogP contribution in [0.5, 0.6) is 0 Å². The summed E-state index contributed by atoms with van der Waals surface area (Å²) in [6.45, 7) is 2.29. The van der Waals surface area contributed by atoms with Gasteiger partial charge in [0.25, 0.3) is 0 Å². The second-order valence-electron chi connectivity index (χ2n) is 2.85. The molecule has 0 saturated carbocycles. The number of aliphatic hydroxyl groups excluding tert-OH is 1. The van der Waals surface area contributed by atoms with Crippen LogP contribution in [-0.2, 0) is 0 Å². The Morgan fingerprint density at radius 3 is 2.77 bits per heavy atom. The molecule has 0 aromatic heterocycles. The molecule has 0 radical (unpaired) electrons. The summed E-state index contributed by atoms with van der Waals surface area (Å²) in [6.07, 6.45) is 7.77. The molecule has 0 aliphatic carbocycles. The van der Waals surface area contributed by atoms with Gasteiger partial charge in [-0.1, -0.05) is 38.0 Å². The maximum Gasteiger partial charge on any atom is 0.0631 e. The lowest BCUT2D eigenvalue weighted by Crippen LogP contribution is -1.75. The largest absolute Gasteiger partial charge is 0.392 e. The van der Waals surface area contributed by atoms with Gasteiger partial charge in [-0.3, -0.25) is 0 Å². The number of hydrogen-bond donors (Lipinski definition) is 1. The molecule has 0 fully saturated rings. The smallest absolute Gasteiger partial charge is 0.0631 e. The second kappa shape index (κ2) is 10.1. The van der Waals surface area contributed by atoms with Crippen molar-refractivity contribution in [1.82, 2.24) is 0 Å². The predicted octanol–water partition coefficient (Wildman–Crippen LogP) is 3.27. The first kappa shape index (κ1) is 13.0. The van der Waals surface area contributed by atoms with Gasteiger partial charge in [0.15, 0.2) is 0 Å². The topological polar surface area (TPSA) is 20.2 Å². The van der Waals surface area contributed by atoms with Crippen molar-refractivity contribution in [3.05, 3.63) is 9.66 Å². The van der Waals surface area contributed by atoms with Gasteiger partial charge in [-0.25, -0.2) is 0 Å². The molecule has 0 rings (SSSR count). The molecule has 13 heavy (non-hydrogen) atoms. The SMILES string of the molecule is CCCCCCC#C/C(I)=C/CO. The van der Waals surface area contributed by atoms with Gasteiger partial charge in [-0.15, -0.1) is 0 Å². The first-order chi connectivity index (χ1) is 6.31. The van der Waals surface area contributed by atoms with Crippen molar-refractivity contribution in [3.8, 4) is 11.8 Å². The zero-order valence-electron chi connectivity index (χ0n) is 8.15. The molecule has 0 saturated heterocycles. The number of halogens is 1. The zero-order chi connectivity index (χ0) is 9.94. The van der Waals surface area contributed by atoms with Crippen LogP contribution in [0.2, 0.25) is 0 Å². The summed E-state index contributed by atoms with van der Waals surface area (Å²) in [5, 5.41) is 8.56. The van der Waals surface area contributed by atoms with Crippen molar-refractivity contribution in [1.29, 1.82) is 0 Å². The van der Waals surface area contributed by atoms with Gasteiger partial charge in [0.1, 0.15) is 0 Å². The van der Waals surface area contributed by atoms with Crippen LogP contribution in [0.25, 0.3) is 0 Å². The van der Waals surface area contributed by atoms with Crippen LogP contribution in [0.3, 0.4) is 0 Å². The Kier molecular flexibility index (Phi) is 10.1. The van der Waals surface area contributed by atoms with Crippen LogP contribution < -0.4 is 0 Å². The Balaban J connectivity index is 3.44. The van der Waals surface area contributed by atoms with Crippen molar-refractivity contribution >= 4 is 22.6 Å². The molecule has 0 aliphatic heterocycles. The molecular weight excluding hydrogens is 275 g/mol. The Morgan fingerprint density at radius 2 is 2.15 bits per heavy atom. The summed E-state index contributed by atoms with van der Waals surface area (Å²) in [4.78, 5) is 0. The van der Waals surface area contributed by atoms with Crippen LogP contribution >= 0.6 is 22.6 Å². The Bertz CT molecular complexity index is 198. The lowest BCUT2D eigenvalue weighted by Gasteiger charge is -1.91. The van der Waals surface area contributed by atoms with E-state index in [0.717, 1.165) is 10.0 Å². The molecule has 1 N–H and O–H groups in total. The third-order valence-corrected chi connectivity index (χ3v) is 2.34. The Hall–Kier alpha value is -0.0100. The van der Waals surface area contributed by atoms with E-state index in [0.29, 0.717) is 0 Å². The number of unbranched alkanes of at least 4 members (excludes halogenated alkanes) is 4. The average molecular weight is 292 g/mol. The van der Waals surface area contributed by atoms with Crippen LogP contribution in [0.4, 0.5) is 0 Å². The highest BCUT2D eigenvalue weighted by atomic mass is 127. The number of allylic oxidation sites excluding steroid dienone is 1. The van der Waals surface area contributed by atoms with E-state index in [1.165, 1.54) is 25.7 Å². The Morgan fingerprint density at radius 1 is 1.38 bits per heavy atom. The van der Waals surface area contributed by atoms with Crippen molar-refractivity contribution < 1.29 is 5.11 Å². The van der Waals surface area contributed by atoms with E-state index in [1.54, 1.807) is 6.08 Å². The highest BCUT2D eigenvalue weighted by Gasteiger charge is 1.84. The predicted molar refractivity (Wildman–Crippen MR) is 65.7 cm³/mol. The Labute approximate surface area is 94.8 Å². The fraction of sp³-hybridized carbons (Fsp3) is 0.636. The summed E-state index contributed by atoms with van der Waals surface area (Å²) in [5.74, 6) is 6.09. The minimum Gasteiger partial charge on any atom is -0.392 e. The standard InChI is InChI=1S/C11H17IO/c1-2-3-4-5-6-7-8-11(12)9-10-13/h9,13H,2-6,10H2,1H3/b11-9-. The molecule has 0 amide bonds. The van der Waals surface area contributed by atoms with E-state index in [1.807, 2.05) is 0 Å². The van der Waals surface area contributed by atoms with Gasteiger partial charge in [0.2, 0.25) is 0 Å². The molecule has 0 bridgehead atoms. The molecule has 0 aromatic carbocycles. The maximum atomic E-state index is 8.56. The molecule has 1 nitrogen and oxygen atoms in total. The summed E-state index contributed by atoms with van der Waals surface area (Å²) < 4.78 is 0.940. The van der Waals surface area contributed by atoms with Gasteiger partial charge in [0.05, 0.1) is 10.2 Å². The van der Waals surface area contributed by atoms with Crippen molar-refractivity contribution in [2.24, 2.45) is 0 Å². The summed E-state index contributed by atoms with van der Waals surface area (Å²) in [6, 6.07) is 0. The third kappa shape index (κ3) is 9.91. The van der Waals surface area contributed by atoms with E-state index in [-0.39, 0.29) is 6.61 Å². The summed E-state index contributed by atoms with van der Waals surface area (Å²) >= 11 is 2.14. The van der Waals surface area contributed by atoms with Gasteiger partial charge in [-0.2, -0.15) is 0 Å². The number of aliphatic hydroxyl groups is 1. The zero-order valence-corrected chi connectivity index (χ0v) is 10.3. The summed E-state index contributed by atoms with van der Waals surface area (Å²) in [5.41, 5.74) is 0. The fourth-order valence-electron chi connectivity index (χ4n) is 0.918.